The van der Waals surface area contributed by atoms with E-state index >= 15 is 0 Å². The van der Waals surface area contributed by atoms with Crippen LogP contribution in [0.2, 0.25) is 0 Å². The molecule has 1 aromatic carbocycles. The van der Waals surface area contributed by atoms with Crippen LogP contribution in [0.25, 0.3) is 0 Å². The van der Waals surface area contributed by atoms with E-state index in [0.717, 1.165) is 44.8 Å². The molecule has 0 saturated heterocycles. The average molecular weight is 463 g/mol. The molecule has 0 radical (unpaired) electrons. The summed E-state index contributed by atoms with van der Waals surface area (Å²) in [6.45, 7) is 17.8. The summed E-state index contributed by atoms with van der Waals surface area (Å²) in [5, 5.41) is 8.40. The van der Waals surface area contributed by atoms with Gasteiger partial charge in [0.1, 0.15) is 5.82 Å². The zero-order chi connectivity index (χ0) is 25.5. The van der Waals surface area contributed by atoms with Gasteiger partial charge >= 0.3 is 0 Å². The molecule has 192 valence electrons. The van der Waals surface area contributed by atoms with E-state index in [1.54, 1.807) is 0 Å². The van der Waals surface area contributed by atoms with Gasteiger partial charge in [0.25, 0.3) is 0 Å². The van der Waals surface area contributed by atoms with Gasteiger partial charge in [0.05, 0.1) is 13.0 Å². The summed E-state index contributed by atoms with van der Waals surface area (Å²) in [5.74, 6) is 1.65. The molecule has 0 aliphatic carbocycles. The molecule has 0 aromatic heterocycles. The number of nitrogens with zero attached hydrogens (tertiary/aromatic N) is 3. The second kappa shape index (κ2) is 23.3. The highest BCUT2D eigenvalue weighted by atomic mass is 16.2. The number of hydrogen-bond acceptors (Lipinski definition) is 5. The molecule has 1 aromatic rings. The average Bonchev–Trinajstić information content (AvgIpc) is 2.82. The highest BCUT2D eigenvalue weighted by molar-refractivity contribution is 5.58. The first-order chi connectivity index (χ1) is 15.9. The van der Waals surface area contributed by atoms with Crippen molar-refractivity contribution in [3.05, 3.63) is 47.3 Å². The highest BCUT2D eigenvalue weighted by Gasteiger charge is 2.16. The normalized spacial score (nSPS) is 13.9. The van der Waals surface area contributed by atoms with E-state index in [4.69, 9.17) is 10.8 Å². The van der Waals surface area contributed by atoms with Crippen LogP contribution in [-0.4, -0.2) is 48.1 Å². The predicted octanol–water partition coefficient (Wildman–Crippen LogP) is 6.64. The van der Waals surface area contributed by atoms with Gasteiger partial charge < -0.3 is 20.6 Å². The first kappa shape index (κ1) is 33.3. The van der Waals surface area contributed by atoms with Crippen LogP contribution in [0.15, 0.2) is 46.7 Å². The Kier molecular flexibility index (Phi) is 23.5. The summed E-state index contributed by atoms with van der Waals surface area (Å²) in [6, 6.07) is 10.5. The van der Waals surface area contributed by atoms with Gasteiger partial charge in [-0.15, -0.1) is 0 Å². The van der Waals surface area contributed by atoms with E-state index in [1.807, 2.05) is 26.3 Å². The minimum Gasteiger partial charge on any atom is -0.396 e. The van der Waals surface area contributed by atoms with Crippen molar-refractivity contribution in [1.82, 2.24) is 9.80 Å². The largest absolute Gasteiger partial charge is 0.396 e. The fraction of sp³-hybridized carbons (Fsp3) is 0.679. The molecule has 5 nitrogen and oxygen atoms in total. The van der Waals surface area contributed by atoms with Gasteiger partial charge in [-0.2, -0.15) is 0 Å². The Morgan fingerprint density at radius 1 is 1.03 bits per heavy atom. The lowest BCUT2D eigenvalue weighted by molar-refractivity contribution is 0.244. The standard InChI is InChI=1S/C16H23N3.C7H17NO.C3H8.C2H6/c1-13(2)14(3)16-17-11-19(12-18(16)4)10-15-8-6-5-7-9-15;8-6-4-2-1-3-5-7-9;1-3-2;1-2/h5-9,11,13H,10,12H2,1-4H3;9H,1-8H2;3H2,1-2H3;1-2H3/b16-14+;;;. The van der Waals surface area contributed by atoms with E-state index in [2.05, 4.69) is 80.7 Å². The summed E-state index contributed by atoms with van der Waals surface area (Å²) in [7, 11) is 2.11. The van der Waals surface area contributed by atoms with Crippen molar-refractivity contribution < 1.29 is 5.11 Å². The lowest BCUT2D eigenvalue weighted by Gasteiger charge is -2.33. The van der Waals surface area contributed by atoms with Crippen LogP contribution in [0, 0.1) is 5.92 Å². The summed E-state index contributed by atoms with van der Waals surface area (Å²) in [4.78, 5) is 9.06. The number of aliphatic hydroxyl groups is 1. The summed E-state index contributed by atoms with van der Waals surface area (Å²) in [6.07, 6.45) is 8.88. The Labute approximate surface area is 205 Å². The van der Waals surface area contributed by atoms with Crippen LogP contribution in [0.1, 0.15) is 92.6 Å². The molecule has 0 spiro atoms. The number of nitrogens with two attached hydrogens (primary N) is 1. The molecule has 0 unspecified atom stereocenters. The zero-order valence-electron chi connectivity index (χ0n) is 23.0. The summed E-state index contributed by atoms with van der Waals surface area (Å²) >= 11 is 0. The Balaban J connectivity index is 0. The lowest BCUT2D eigenvalue weighted by atomic mass is 10.1. The summed E-state index contributed by atoms with van der Waals surface area (Å²) < 4.78 is 0. The number of aliphatic hydroxyl groups excluding tert-OH is 1. The first-order valence-corrected chi connectivity index (χ1v) is 13.0. The number of aliphatic imine (C=N–C) groups is 1. The van der Waals surface area contributed by atoms with Crippen molar-refractivity contribution in [3.8, 4) is 0 Å². The van der Waals surface area contributed by atoms with E-state index in [-0.39, 0.29) is 0 Å². The number of unbranched alkanes of at least 4 members (excludes halogenated alkanes) is 4. The van der Waals surface area contributed by atoms with Crippen LogP contribution in [0.3, 0.4) is 0 Å². The zero-order valence-corrected chi connectivity index (χ0v) is 23.0. The van der Waals surface area contributed by atoms with Crippen LogP contribution < -0.4 is 5.73 Å². The second-order valence-corrected chi connectivity index (χ2v) is 8.46. The molecule has 5 heteroatoms. The van der Waals surface area contributed by atoms with Crippen molar-refractivity contribution >= 4 is 6.34 Å². The van der Waals surface area contributed by atoms with E-state index in [1.165, 1.54) is 30.4 Å². The van der Waals surface area contributed by atoms with Crippen molar-refractivity contribution in [2.45, 2.75) is 93.5 Å². The molecule has 0 atom stereocenters. The molecule has 33 heavy (non-hydrogen) atoms. The number of hydrogen-bond donors (Lipinski definition) is 2. The molecule has 0 fully saturated rings. The van der Waals surface area contributed by atoms with Gasteiger partial charge in [-0.05, 0) is 43.4 Å². The maximum Gasteiger partial charge on any atom is 0.130 e. The van der Waals surface area contributed by atoms with Gasteiger partial charge in [-0.1, -0.05) is 97.6 Å². The fourth-order valence-corrected chi connectivity index (χ4v) is 2.97. The maximum absolute atomic E-state index is 8.40. The highest BCUT2D eigenvalue weighted by Crippen LogP contribution is 2.20. The number of allylic oxidation sites excluding steroid dienone is 1. The van der Waals surface area contributed by atoms with Crippen molar-refractivity contribution in [1.29, 1.82) is 0 Å². The molecular formula is C28H54N4O. The molecule has 1 aliphatic heterocycles. The van der Waals surface area contributed by atoms with Crippen LogP contribution >= 0.6 is 0 Å². The number of rotatable bonds is 9. The third-order valence-corrected chi connectivity index (χ3v) is 4.91. The Hall–Kier alpha value is -1.85. The van der Waals surface area contributed by atoms with Crippen molar-refractivity contribution in [3.63, 3.8) is 0 Å². The maximum atomic E-state index is 8.40. The minimum absolute atomic E-state index is 0.336. The quantitative estimate of drug-likeness (QED) is 0.404. The Bertz CT molecular complexity index is 593. The van der Waals surface area contributed by atoms with Crippen LogP contribution in [-0.2, 0) is 6.54 Å². The molecule has 1 aliphatic rings. The third kappa shape index (κ3) is 17.3. The molecule has 3 N–H and O–H groups in total. The van der Waals surface area contributed by atoms with Gasteiger partial charge in [0, 0.05) is 20.2 Å². The van der Waals surface area contributed by atoms with Crippen molar-refractivity contribution in [2.75, 3.05) is 26.9 Å². The van der Waals surface area contributed by atoms with Gasteiger partial charge in [-0.25, -0.2) is 4.99 Å². The summed E-state index contributed by atoms with van der Waals surface area (Å²) in [5.41, 5.74) is 7.95. The Morgan fingerprint density at radius 2 is 1.58 bits per heavy atom. The van der Waals surface area contributed by atoms with Gasteiger partial charge in [0.15, 0.2) is 0 Å². The van der Waals surface area contributed by atoms with E-state index in [9.17, 15) is 0 Å². The number of benzene rings is 1. The Morgan fingerprint density at radius 3 is 2.06 bits per heavy atom. The SMILES string of the molecule is C/C(=C1/N=CN(Cc2ccccc2)CN1C)C(C)C.CC.CCC.NCCCCCCCO. The molecular weight excluding hydrogens is 408 g/mol. The third-order valence-electron chi connectivity index (χ3n) is 4.91. The second-order valence-electron chi connectivity index (χ2n) is 8.46. The molecule has 0 saturated carbocycles. The fourth-order valence-electron chi connectivity index (χ4n) is 2.97. The molecule has 1 heterocycles. The topological polar surface area (TPSA) is 65.1 Å². The lowest BCUT2D eigenvalue weighted by Crippen LogP contribution is -2.38. The monoisotopic (exact) mass is 462 g/mol. The van der Waals surface area contributed by atoms with Crippen LogP contribution in [0.5, 0.6) is 0 Å². The predicted molar refractivity (Wildman–Crippen MR) is 147 cm³/mol. The van der Waals surface area contributed by atoms with Crippen LogP contribution in [0.4, 0.5) is 0 Å². The van der Waals surface area contributed by atoms with Crippen molar-refractivity contribution in [2.24, 2.45) is 16.6 Å². The van der Waals surface area contributed by atoms with E-state index < -0.39 is 0 Å². The molecule has 0 bridgehead atoms. The molecule has 0 amide bonds. The first-order valence-electron chi connectivity index (χ1n) is 13.0. The molecule has 2 rings (SSSR count). The van der Waals surface area contributed by atoms with Gasteiger partial charge in [-0.3, -0.25) is 0 Å². The van der Waals surface area contributed by atoms with E-state index in [0.29, 0.717) is 12.5 Å². The van der Waals surface area contributed by atoms with Gasteiger partial charge in [0.2, 0.25) is 0 Å². The minimum atomic E-state index is 0.336. The smallest absolute Gasteiger partial charge is 0.130 e.